The summed E-state index contributed by atoms with van der Waals surface area (Å²) in [6.45, 7) is 21.8. The fraction of sp³-hybridized carbons (Fsp3) is 0.936. The SMILES string of the molecule is C#CO[C@H]1CC[C@@]2(C)C(C1)C[C@H](O)C1[C@H]3CC[C@H]([C@H](C)CCC(=O)OC)[C@@]3(C)CC[C@H]12.COC(=O)CC[C@@H](C)[C@H]1CC[C@@H]2C3[C@@H](CC[C@@]21C)[C@@]1(C)CC[C@@H](N=[N+]=[N-])CC1C[C@@H]3O.COC(=O)CC[C@@H](C)[C@H]1CC[C@@H]2C3[C@@H](CC[C@@]21C)[C@@]1(C)CC[C@H](OS(C)(=O)=O)CC1C[C@@H]3O. The van der Waals surface area contributed by atoms with E-state index in [0.717, 1.165) is 103 Å². The van der Waals surface area contributed by atoms with Crippen LogP contribution in [0.2, 0.25) is 0 Å². The molecule has 6 unspecified atom stereocenters. The van der Waals surface area contributed by atoms with Gasteiger partial charge in [-0.05, 0) is 318 Å². The predicted octanol–water partition coefficient (Wildman–Crippen LogP) is 15.6. The van der Waals surface area contributed by atoms with Crippen molar-refractivity contribution < 1.29 is 61.3 Å². The molecular weight excluding hydrogens is 1220 g/mol. The second kappa shape index (κ2) is 29.4. The van der Waals surface area contributed by atoms with Crippen LogP contribution in [0, 0.1) is 152 Å². The lowest BCUT2D eigenvalue weighted by Gasteiger charge is -2.62. The first-order valence-corrected chi connectivity index (χ1v) is 40.0. The van der Waals surface area contributed by atoms with Gasteiger partial charge in [-0.1, -0.05) is 73.9 Å². The summed E-state index contributed by atoms with van der Waals surface area (Å²) >= 11 is 0. The van der Waals surface area contributed by atoms with Gasteiger partial charge in [0.25, 0.3) is 10.1 Å². The predicted molar refractivity (Wildman–Crippen MR) is 367 cm³/mol. The molecule has 12 aliphatic rings. The molecule has 538 valence electrons. The third kappa shape index (κ3) is 14.3. The van der Waals surface area contributed by atoms with Crippen molar-refractivity contribution in [3.05, 3.63) is 10.4 Å². The summed E-state index contributed by atoms with van der Waals surface area (Å²) < 4.78 is 48.9. The van der Waals surface area contributed by atoms with E-state index >= 15 is 0 Å². The highest BCUT2D eigenvalue weighted by molar-refractivity contribution is 7.86. The number of ether oxygens (including phenoxy) is 4. The van der Waals surface area contributed by atoms with Crippen molar-refractivity contribution in [3.8, 4) is 12.5 Å². The summed E-state index contributed by atoms with van der Waals surface area (Å²) in [7, 11) is 0.952. The quantitative estimate of drug-likeness (QED) is 0.0248. The number of nitrogens with zero attached hydrogens (tertiary/aromatic N) is 3. The largest absolute Gasteiger partial charge is 0.469 e. The summed E-state index contributed by atoms with van der Waals surface area (Å²) in [4.78, 5) is 38.1. The Morgan fingerprint density at radius 1 is 0.495 bits per heavy atom. The van der Waals surface area contributed by atoms with E-state index in [9.17, 15) is 38.1 Å². The zero-order valence-electron chi connectivity index (χ0n) is 60.8. The monoisotopic (exact) mass is 1350 g/mol. The topological polar surface area (TPSA) is 241 Å². The van der Waals surface area contributed by atoms with E-state index in [0.29, 0.717) is 131 Å². The van der Waals surface area contributed by atoms with E-state index in [-0.39, 0.29) is 81.5 Å². The fourth-order valence-corrected chi connectivity index (χ4v) is 27.8. The molecule has 30 atom stereocenters. The van der Waals surface area contributed by atoms with Gasteiger partial charge < -0.3 is 34.3 Å². The average molecular weight is 1350 g/mol. The molecule has 0 bridgehead atoms. The Bertz CT molecular complexity index is 2900. The number of aliphatic hydroxyl groups is 3. The molecule has 95 heavy (non-hydrogen) atoms. The van der Waals surface area contributed by atoms with Crippen molar-refractivity contribution in [2.45, 2.75) is 291 Å². The van der Waals surface area contributed by atoms with Crippen LogP contribution in [-0.2, 0) is 47.6 Å². The lowest BCUT2D eigenvalue weighted by Crippen LogP contribution is -2.58. The normalized spacial score (nSPS) is 46.9. The summed E-state index contributed by atoms with van der Waals surface area (Å²) in [6.07, 6.45) is 38.1. The highest BCUT2D eigenvalue weighted by Gasteiger charge is 2.67. The maximum absolute atomic E-state index is 11.7. The number of azide groups is 1. The molecule has 0 aromatic carbocycles. The molecule has 0 heterocycles. The minimum absolute atomic E-state index is 0.0960. The molecule has 17 heteroatoms. The first kappa shape index (κ1) is 74.6. The highest BCUT2D eigenvalue weighted by atomic mass is 32.2. The van der Waals surface area contributed by atoms with Crippen LogP contribution in [0.15, 0.2) is 5.11 Å². The van der Waals surface area contributed by atoms with Crippen LogP contribution < -0.4 is 0 Å². The molecule has 0 amide bonds. The Labute approximate surface area is 572 Å². The van der Waals surface area contributed by atoms with Crippen LogP contribution in [0.25, 0.3) is 10.4 Å². The molecule has 0 aliphatic heterocycles. The Kier molecular flexibility index (Phi) is 23.1. The molecule has 0 spiro atoms. The summed E-state index contributed by atoms with van der Waals surface area (Å²) in [5.74, 6) is 8.86. The van der Waals surface area contributed by atoms with Gasteiger partial charge >= 0.3 is 17.9 Å². The van der Waals surface area contributed by atoms with Crippen molar-refractivity contribution in [2.75, 3.05) is 27.6 Å². The van der Waals surface area contributed by atoms with E-state index in [1.54, 1.807) is 0 Å². The zero-order valence-corrected chi connectivity index (χ0v) is 61.6. The van der Waals surface area contributed by atoms with Crippen molar-refractivity contribution in [2.24, 2.45) is 144 Å². The number of terminal acetylenes is 1. The summed E-state index contributed by atoms with van der Waals surface area (Å²) in [5, 5.41) is 38.3. The zero-order chi connectivity index (χ0) is 69.0. The third-order valence-corrected chi connectivity index (χ3v) is 32.7. The molecule has 3 N–H and O–H groups in total. The first-order chi connectivity index (χ1) is 44.9. The molecule has 12 fully saturated rings. The Morgan fingerprint density at radius 2 is 0.811 bits per heavy atom. The fourth-order valence-electron chi connectivity index (χ4n) is 27.2. The molecule has 0 radical (unpaired) electrons. The van der Waals surface area contributed by atoms with Crippen LogP contribution in [0.3, 0.4) is 0 Å². The summed E-state index contributed by atoms with van der Waals surface area (Å²) in [6, 6.07) is 0.104. The van der Waals surface area contributed by atoms with Gasteiger partial charge in [0, 0.05) is 30.2 Å². The van der Waals surface area contributed by atoms with Gasteiger partial charge in [-0.15, -0.1) is 0 Å². The van der Waals surface area contributed by atoms with Crippen LogP contribution in [-0.4, -0.2) is 106 Å². The van der Waals surface area contributed by atoms with Gasteiger partial charge in [0.15, 0.2) is 0 Å². The van der Waals surface area contributed by atoms with Crippen LogP contribution >= 0.6 is 0 Å². The van der Waals surface area contributed by atoms with Crippen LogP contribution in [0.1, 0.15) is 255 Å². The number of hydrogen-bond donors (Lipinski definition) is 3. The molecule has 0 aromatic heterocycles. The van der Waals surface area contributed by atoms with Crippen molar-refractivity contribution in [1.29, 1.82) is 0 Å². The minimum Gasteiger partial charge on any atom is -0.469 e. The average Bonchev–Trinajstić information content (AvgIpc) is 1.71. The lowest BCUT2D eigenvalue weighted by molar-refractivity contribution is -0.174. The van der Waals surface area contributed by atoms with Crippen LogP contribution in [0.5, 0.6) is 0 Å². The van der Waals surface area contributed by atoms with E-state index in [2.05, 4.69) is 78.4 Å². The number of fused-ring (bicyclic) bond motifs is 15. The van der Waals surface area contributed by atoms with Gasteiger partial charge in [0.1, 0.15) is 12.2 Å². The molecule has 12 aliphatic carbocycles. The summed E-state index contributed by atoms with van der Waals surface area (Å²) in [5.41, 5.74) is 10.4. The Hall–Kier alpha value is -3.13. The van der Waals surface area contributed by atoms with Gasteiger partial charge in [0.05, 0.1) is 52.0 Å². The van der Waals surface area contributed by atoms with E-state index in [1.807, 2.05) is 0 Å². The molecule has 12 rings (SSSR count). The lowest BCUT2D eigenvalue weighted by atomic mass is 9.43. The number of esters is 3. The Morgan fingerprint density at radius 3 is 1.15 bits per heavy atom. The molecule has 16 nitrogen and oxygen atoms in total. The smallest absolute Gasteiger partial charge is 0.305 e. The second-order valence-corrected chi connectivity index (χ2v) is 37.4. The number of carbonyl (C=O) groups is 3. The van der Waals surface area contributed by atoms with Gasteiger partial charge in [-0.2, -0.15) is 8.42 Å². The van der Waals surface area contributed by atoms with E-state index in [1.165, 1.54) is 98.4 Å². The van der Waals surface area contributed by atoms with Gasteiger partial charge in [0.2, 0.25) is 0 Å². The third-order valence-electron chi connectivity index (χ3n) is 32.1. The molecule has 12 saturated carbocycles. The first-order valence-electron chi connectivity index (χ1n) is 38.2. The number of methoxy groups -OCH3 is 3. The highest BCUT2D eigenvalue weighted by Crippen LogP contribution is 2.72. The van der Waals surface area contributed by atoms with Crippen molar-refractivity contribution >= 4 is 28.0 Å². The minimum atomic E-state index is -3.46. The maximum Gasteiger partial charge on any atom is 0.305 e. The molecule has 0 saturated heterocycles. The van der Waals surface area contributed by atoms with Gasteiger partial charge in [-0.25, -0.2) is 0 Å². The van der Waals surface area contributed by atoms with Gasteiger partial charge in [-0.3, -0.25) is 18.6 Å². The van der Waals surface area contributed by atoms with E-state index < -0.39 is 10.1 Å². The molecular formula is C78H127N3O13S. The number of aliphatic hydroxyl groups excluding tert-OH is 3. The second-order valence-electron chi connectivity index (χ2n) is 35.8. The Balaban J connectivity index is 0.000000155. The standard InChI is InChI=1S/C27H42O4.C26H44O6S.C25H41N3O3/c1-6-31-19-11-13-26(3)18(15-19)16-23(28)25-21-9-8-20(17(2)7-10-24(29)30-5)27(21,4)14-12-22(25)26;1-16(6-9-23(28)31-4)19-7-8-20-24-21(11-13-26(19,20)3)25(2)12-10-18(32-33(5,29)30)14-17(25)15-22(24)27;1-15(5-8-22(30)31-4)18-6-7-19-23-20(10-12-25(18,19)3)24(2)11-9-17(27-28-26)13-16(24)14-21(23)29/h1,17-23,25,28H,7-16H2,2-5H3;16-22,24,27H,6-15H2,1-5H3;15-21,23,29H,5-14H2,1-4H3/t17-,18?,19+,20-,21-,22-,23+,25?,26+,27-;16-,17?,18+,19-,20-,21-,22+,24?,25+,26-;15-,16?,17-,18-,19-,20-,21+,23?,24+,25-/m111/s1. The molecule has 0 aromatic rings. The number of rotatable bonds is 16. The number of hydrogen-bond acceptors (Lipinski definition) is 14. The maximum atomic E-state index is 11.7. The van der Waals surface area contributed by atoms with E-state index in [4.69, 9.17) is 35.1 Å². The van der Waals surface area contributed by atoms with Crippen molar-refractivity contribution in [3.63, 3.8) is 0 Å². The van der Waals surface area contributed by atoms with Crippen molar-refractivity contribution in [1.82, 2.24) is 0 Å². The number of carbonyl (C=O) groups excluding carboxylic acids is 3. The van der Waals surface area contributed by atoms with Crippen LogP contribution in [0.4, 0.5) is 0 Å².